The second-order valence-electron chi connectivity index (χ2n) is 7.18. The van der Waals surface area contributed by atoms with Crippen LogP contribution >= 0.6 is 0 Å². The minimum absolute atomic E-state index is 0.0182. The van der Waals surface area contributed by atoms with Gasteiger partial charge in [-0.15, -0.1) is 0 Å². The van der Waals surface area contributed by atoms with Crippen LogP contribution in [0.2, 0.25) is 0 Å². The fourth-order valence-corrected chi connectivity index (χ4v) is 3.99. The lowest BCUT2D eigenvalue weighted by atomic mass is 9.72. The van der Waals surface area contributed by atoms with Crippen molar-refractivity contribution < 1.29 is 19.8 Å². The van der Waals surface area contributed by atoms with Crippen molar-refractivity contribution in [3.05, 3.63) is 35.9 Å². The van der Waals surface area contributed by atoms with Gasteiger partial charge < -0.3 is 20.0 Å². The second kappa shape index (κ2) is 7.54. The Kier molecular flexibility index (Phi) is 5.39. The van der Waals surface area contributed by atoms with E-state index in [1.165, 1.54) is 0 Å². The van der Waals surface area contributed by atoms with Gasteiger partial charge in [0.25, 0.3) is 5.91 Å². The zero-order valence-electron chi connectivity index (χ0n) is 14.4. The van der Waals surface area contributed by atoms with Gasteiger partial charge in [0.15, 0.2) is 6.10 Å². The molecule has 0 bridgehead atoms. The Labute approximate surface area is 148 Å². The molecule has 2 aliphatic rings. The van der Waals surface area contributed by atoms with Gasteiger partial charge in [0, 0.05) is 32.6 Å². The maximum absolute atomic E-state index is 12.6. The minimum Gasteiger partial charge on any atom is -0.395 e. The van der Waals surface area contributed by atoms with Crippen molar-refractivity contribution in [1.29, 1.82) is 0 Å². The lowest BCUT2D eigenvalue weighted by molar-refractivity contribution is -0.147. The number of benzene rings is 1. The Morgan fingerprint density at radius 3 is 2.48 bits per heavy atom. The summed E-state index contributed by atoms with van der Waals surface area (Å²) in [6, 6.07) is 8.99. The number of aliphatic hydroxyl groups excluding tert-OH is 2. The number of hydrogen-bond donors (Lipinski definition) is 2. The molecular formula is C19H26N2O4. The van der Waals surface area contributed by atoms with Crippen LogP contribution < -0.4 is 0 Å². The molecule has 2 fully saturated rings. The maximum atomic E-state index is 12.6. The second-order valence-corrected chi connectivity index (χ2v) is 7.18. The predicted molar refractivity (Wildman–Crippen MR) is 92.5 cm³/mol. The molecule has 0 saturated carbocycles. The number of carbonyl (C=O) groups is 2. The minimum atomic E-state index is -1.12. The molecule has 2 aliphatic heterocycles. The van der Waals surface area contributed by atoms with Crippen LogP contribution in [-0.2, 0) is 9.59 Å². The maximum Gasteiger partial charge on any atom is 0.256 e. The summed E-state index contributed by atoms with van der Waals surface area (Å²) in [5.74, 6) is -0.141. The van der Waals surface area contributed by atoms with Gasteiger partial charge in [-0.3, -0.25) is 9.59 Å². The van der Waals surface area contributed by atoms with Crippen LogP contribution in [0.15, 0.2) is 30.3 Å². The van der Waals surface area contributed by atoms with Crippen LogP contribution in [0, 0.1) is 5.41 Å². The number of piperidine rings is 2. The smallest absolute Gasteiger partial charge is 0.256 e. The summed E-state index contributed by atoms with van der Waals surface area (Å²) in [6.45, 7) is 2.23. The molecule has 3 rings (SSSR count). The fraction of sp³-hybridized carbons (Fsp3) is 0.579. The van der Waals surface area contributed by atoms with Crippen molar-refractivity contribution in [2.24, 2.45) is 5.41 Å². The highest BCUT2D eigenvalue weighted by Crippen LogP contribution is 2.40. The van der Waals surface area contributed by atoms with E-state index >= 15 is 0 Å². The fourth-order valence-electron chi connectivity index (χ4n) is 3.99. The van der Waals surface area contributed by atoms with Gasteiger partial charge in [0.2, 0.25) is 5.91 Å². The quantitative estimate of drug-likeness (QED) is 0.850. The molecule has 136 valence electrons. The van der Waals surface area contributed by atoms with E-state index in [2.05, 4.69) is 0 Å². The molecule has 2 saturated heterocycles. The number of amides is 2. The molecule has 1 aromatic rings. The standard InChI is InChI=1S/C19H26N2O4/c22-13-12-21-14-19(7-6-16(21)23)8-10-20(11-9-19)18(25)17(24)15-4-2-1-3-5-15/h1-5,17,22,24H,6-14H2. The van der Waals surface area contributed by atoms with E-state index in [1.54, 1.807) is 21.9 Å². The number of carbonyl (C=O) groups excluding carboxylic acids is 2. The van der Waals surface area contributed by atoms with Crippen molar-refractivity contribution in [1.82, 2.24) is 9.80 Å². The van der Waals surface area contributed by atoms with Gasteiger partial charge in [-0.05, 0) is 30.2 Å². The van der Waals surface area contributed by atoms with Crippen LogP contribution in [0.25, 0.3) is 0 Å². The van der Waals surface area contributed by atoms with Crippen LogP contribution in [0.4, 0.5) is 0 Å². The van der Waals surface area contributed by atoms with E-state index in [4.69, 9.17) is 5.11 Å². The third-order valence-electron chi connectivity index (χ3n) is 5.60. The van der Waals surface area contributed by atoms with Crippen LogP contribution in [-0.4, -0.2) is 64.6 Å². The number of hydrogen-bond acceptors (Lipinski definition) is 4. The molecule has 1 spiro atoms. The molecule has 0 aliphatic carbocycles. The van der Waals surface area contributed by atoms with Crippen molar-refractivity contribution in [2.45, 2.75) is 31.8 Å². The van der Waals surface area contributed by atoms with Gasteiger partial charge in [-0.25, -0.2) is 0 Å². The first-order valence-electron chi connectivity index (χ1n) is 8.95. The summed E-state index contributed by atoms with van der Waals surface area (Å²) in [5.41, 5.74) is 0.655. The zero-order chi connectivity index (χ0) is 17.9. The average Bonchev–Trinajstić information content (AvgIpc) is 2.65. The van der Waals surface area contributed by atoms with E-state index in [-0.39, 0.29) is 23.8 Å². The first kappa shape index (κ1) is 17.9. The van der Waals surface area contributed by atoms with E-state index < -0.39 is 6.10 Å². The third kappa shape index (κ3) is 3.85. The first-order chi connectivity index (χ1) is 12.0. The van der Waals surface area contributed by atoms with Crippen LogP contribution in [0.3, 0.4) is 0 Å². The number of β-amino-alcohol motifs (C(OH)–C–C–N with tert-alkyl or cyclic N) is 1. The molecule has 1 atom stereocenters. The first-order valence-corrected chi connectivity index (χ1v) is 8.95. The Hall–Kier alpha value is -1.92. The summed E-state index contributed by atoms with van der Waals surface area (Å²) in [7, 11) is 0. The lowest BCUT2D eigenvalue weighted by Gasteiger charge is -2.47. The molecule has 2 amide bonds. The highest BCUT2D eigenvalue weighted by Gasteiger charge is 2.42. The third-order valence-corrected chi connectivity index (χ3v) is 5.60. The highest BCUT2D eigenvalue weighted by atomic mass is 16.3. The Morgan fingerprint density at radius 2 is 1.84 bits per heavy atom. The summed E-state index contributed by atoms with van der Waals surface area (Å²) in [4.78, 5) is 28.0. The SMILES string of the molecule is O=C1CCC2(CCN(C(=O)C(O)c3ccccc3)CC2)CN1CCO. The average molecular weight is 346 g/mol. The molecule has 0 radical (unpaired) electrons. The summed E-state index contributed by atoms with van der Waals surface area (Å²) in [5, 5.41) is 19.5. The van der Waals surface area contributed by atoms with E-state index in [0.717, 1.165) is 19.3 Å². The van der Waals surface area contributed by atoms with Crippen LogP contribution in [0.1, 0.15) is 37.4 Å². The summed E-state index contributed by atoms with van der Waals surface area (Å²) >= 11 is 0. The Bertz CT molecular complexity index is 611. The van der Waals surface area contributed by atoms with Crippen molar-refractivity contribution in [3.8, 4) is 0 Å². The lowest BCUT2D eigenvalue weighted by Crippen LogP contribution is -2.53. The van der Waals surface area contributed by atoms with Gasteiger partial charge in [-0.2, -0.15) is 0 Å². The topological polar surface area (TPSA) is 81.1 Å². The molecule has 6 nitrogen and oxygen atoms in total. The molecule has 25 heavy (non-hydrogen) atoms. The van der Waals surface area contributed by atoms with Crippen molar-refractivity contribution in [2.75, 3.05) is 32.8 Å². The summed E-state index contributed by atoms with van der Waals surface area (Å²) in [6.07, 6.45) is 1.90. The largest absolute Gasteiger partial charge is 0.395 e. The molecule has 1 aromatic carbocycles. The van der Waals surface area contributed by atoms with Crippen LogP contribution in [0.5, 0.6) is 0 Å². The Balaban J connectivity index is 1.60. The number of rotatable bonds is 4. The molecule has 0 aromatic heterocycles. The van der Waals surface area contributed by atoms with Crippen molar-refractivity contribution in [3.63, 3.8) is 0 Å². The van der Waals surface area contributed by atoms with E-state index in [0.29, 0.717) is 38.2 Å². The molecule has 2 N–H and O–H groups in total. The number of nitrogens with zero attached hydrogens (tertiary/aromatic N) is 2. The van der Waals surface area contributed by atoms with Gasteiger partial charge in [0.05, 0.1) is 6.61 Å². The predicted octanol–water partition coefficient (Wildman–Crippen LogP) is 0.943. The molecular weight excluding hydrogens is 320 g/mol. The highest BCUT2D eigenvalue weighted by molar-refractivity contribution is 5.82. The molecule has 1 unspecified atom stereocenters. The van der Waals surface area contributed by atoms with Crippen molar-refractivity contribution >= 4 is 11.8 Å². The molecule has 2 heterocycles. The van der Waals surface area contributed by atoms with E-state index in [1.807, 2.05) is 18.2 Å². The van der Waals surface area contributed by atoms with E-state index in [9.17, 15) is 14.7 Å². The summed E-state index contributed by atoms with van der Waals surface area (Å²) < 4.78 is 0. The molecule has 6 heteroatoms. The monoisotopic (exact) mass is 346 g/mol. The zero-order valence-corrected chi connectivity index (χ0v) is 14.4. The number of likely N-dealkylation sites (tertiary alicyclic amines) is 2. The Morgan fingerprint density at radius 1 is 1.16 bits per heavy atom. The van der Waals surface area contributed by atoms with Gasteiger partial charge in [-0.1, -0.05) is 30.3 Å². The normalized spacial score (nSPS) is 21.4. The van der Waals surface area contributed by atoms with Gasteiger partial charge >= 0.3 is 0 Å². The number of aliphatic hydroxyl groups is 2. The van der Waals surface area contributed by atoms with Gasteiger partial charge in [0.1, 0.15) is 0 Å².